The van der Waals surface area contributed by atoms with Gasteiger partial charge in [0.2, 0.25) is 0 Å². The first-order valence-electron chi connectivity index (χ1n) is 10.5. The molecule has 1 unspecified atom stereocenters. The maximum Gasteiger partial charge on any atom is 0.191 e. The average molecular weight is 406 g/mol. The van der Waals surface area contributed by atoms with Crippen molar-refractivity contribution in [1.29, 1.82) is 0 Å². The number of nitrogens with zero attached hydrogens (tertiary/aromatic N) is 3. The molecule has 0 saturated carbocycles. The summed E-state index contributed by atoms with van der Waals surface area (Å²) in [5.74, 6) is 3.17. The highest BCUT2D eigenvalue weighted by Gasteiger charge is 2.17. The van der Waals surface area contributed by atoms with E-state index in [4.69, 9.17) is 4.74 Å². The van der Waals surface area contributed by atoms with Crippen molar-refractivity contribution < 1.29 is 4.74 Å². The second kappa shape index (κ2) is 11.4. The largest absolute Gasteiger partial charge is 0.497 e. The van der Waals surface area contributed by atoms with Crippen LogP contribution in [0.1, 0.15) is 19.3 Å². The fraction of sp³-hybridized carbons (Fsp3) is 0.667. The number of anilines is 1. The summed E-state index contributed by atoms with van der Waals surface area (Å²) < 4.78 is 5.25. The maximum atomic E-state index is 5.25. The van der Waals surface area contributed by atoms with Crippen LogP contribution in [0.4, 0.5) is 5.69 Å². The molecule has 156 valence electrons. The second-order valence-corrected chi connectivity index (χ2v) is 8.80. The van der Waals surface area contributed by atoms with Gasteiger partial charge in [0.25, 0.3) is 0 Å². The van der Waals surface area contributed by atoms with Gasteiger partial charge in [-0.1, -0.05) is 0 Å². The molecule has 0 aromatic heterocycles. The highest BCUT2D eigenvalue weighted by molar-refractivity contribution is 8.00. The highest BCUT2D eigenvalue weighted by Crippen LogP contribution is 2.25. The summed E-state index contributed by atoms with van der Waals surface area (Å²) in [6, 6.07) is 8.39. The van der Waals surface area contributed by atoms with Crippen molar-refractivity contribution in [2.75, 3.05) is 70.6 Å². The number of aliphatic imine (C=N–C) groups is 1. The molecule has 2 saturated heterocycles. The molecule has 2 aliphatic heterocycles. The van der Waals surface area contributed by atoms with Crippen molar-refractivity contribution in [1.82, 2.24) is 15.5 Å². The normalized spacial score (nSPS) is 21.0. The molecule has 2 N–H and O–H groups in total. The highest BCUT2D eigenvalue weighted by atomic mass is 32.2. The Hall–Kier alpha value is -1.60. The van der Waals surface area contributed by atoms with Gasteiger partial charge < -0.3 is 20.3 Å². The summed E-state index contributed by atoms with van der Waals surface area (Å²) in [5, 5.41) is 7.68. The smallest absolute Gasteiger partial charge is 0.191 e. The Morgan fingerprint density at radius 3 is 2.61 bits per heavy atom. The molecule has 28 heavy (non-hydrogen) atoms. The van der Waals surface area contributed by atoms with E-state index in [1.54, 1.807) is 7.11 Å². The Kier molecular flexibility index (Phi) is 8.61. The third kappa shape index (κ3) is 6.48. The number of rotatable bonds is 8. The van der Waals surface area contributed by atoms with Crippen LogP contribution in [0.25, 0.3) is 0 Å². The van der Waals surface area contributed by atoms with E-state index in [0.29, 0.717) is 0 Å². The molecule has 3 rings (SSSR count). The molecule has 0 aliphatic carbocycles. The molecule has 1 atom stereocenters. The van der Waals surface area contributed by atoms with Crippen LogP contribution >= 0.6 is 11.8 Å². The van der Waals surface area contributed by atoms with Crippen molar-refractivity contribution >= 4 is 23.4 Å². The SMILES string of the molecule is CN=C(NCCCN1CCN(c2ccc(OC)cc2)CC1)NCC1CCCS1. The van der Waals surface area contributed by atoms with Gasteiger partial charge >= 0.3 is 0 Å². The van der Waals surface area contributed by atoms with Gasteiger partial charge in [0.1, 0.15) is 5.75 Å². The molecule has 2 aliphatic rings. The lowest BCUT2D eigenvalue weighted by Gasteiger charge is -2.36. The summed E-state index contributed by atoms with van der Waals surface area (Å²) in [6.45, 7) is 7.55. The number of thioether (sulfide) groups is 1. The molecule has 0 radical (unpaired) electrons. The van der Waals surface area contributed by atoms with Crippen LogP contribution in [-0.2, 0) is 0 Å². The van der Waals surface area contributed by atoms with Gasteiger partial charge in [0, 0.05) is 57.3 Å². The van der Waals surface area contributed by atoms with Gasteiger partial charge in [-0.05, 0) is 55.8 Å². The lowest BCUT2D eigenvalue weighted by atomic mass is 10.2. The molecular weight excluding hydrogens is 370 g/mol. The van der Waals surface area contributed by atoms with E-state index >= 15 is 0 Å². The zero-order valence-electron chi connectivity index (χ0n) is 17.3. The van der Waals surface area contributed by atoms with Gasteiger partial charge in [0.15, 0.2) is 5.96 Å². The number of hydrogen-bond donors (Lipinski definition) is 2. The van der Waals surface area contributed by atoms with Gasteiger partial charge in [-0.3, -0.25) is 9.89 Å². The summed E-state index contributed by atoms with van der Waals surface area (Å²) >= 11 is 2.08. The van der Waals surface area contributed by atoms with E-state index in [1.165, 1.54) is 24.3 Å². The Morgan fingerprint density at radius 2 is 1.96 bits per heavy atom. The topological polar surface area (TPSA) is 52.1 Å². The van der Waals surface area contributed by atoms with E-state index in [9.17, 15) is 0 Å². The second-order valence-electron chi connectivity index (χ2n) is 7.40. The zero-order valence-corrected chi connectivity index (χ0v) is 18.1. The van der Waals surface area contributed by atoms with Crippen LogP contribution < -0.4 is 20.3 Å². The minimum absolute atomic E-state index is 0.751. The number of piperazine rings is 1. The standard InChI is InChI=1S/C21H35N5OS/c1-22-21(24-17-20-5-3-16-28-20)23-10-4-11-25-12-14-26(15-13-25)18-6-8-19(27-2)9-7-18/h6-9,20H,3-5,10-17H2,1-2H3,(H2,22,23,24). The first kappa shape index (κ1) is 21.1. The Labute approximate surface area is 174 Å². The number of nitrogens with one attached hydrogen (secondary N) is 2. The fourth-order valence-corrected chi connectivity index (χ4v) is 4.97. The quantitative estimate of drug-likeness (QED) is 0.393. The number of methoxy groups -OCH3 is 1. The molecule has 0 amide bonds. The molecule has 1 aromatic carbocycles. The van der Waals surface area contributed by atoms with Gasteiger partial charge in [-0.25, -0.2) is 0 Å². The molecular formula is C21H35N5OS. The number of hydrogen-bond acceptors (Lipinski definition) is 5. The van der Waals surface area contributed by atoms with Gasteiger partial charge in [-0.15, -0.1) is 0 Å². The molecule has 1 aromatic rings. The molecule has 6 nitrogen and oxygen atoms in total. The molecule has 0 bridgehead atoms. The Balaban J connectivity index is 1.28. The minimum Gasteiger partial charge on any atom is -0.497 e. The van der Waals surface area contributed by atoms with Gasteiger partial charge in [-0.2, -0.15) is 11.8 Å². The third-order valence-corrected chi connectivity index (χ3v) is 6.90. The number of ether oxygens (including phenoxy) is 1. The van der Waals surface area contributed by atoms with Crippen molar-refractivity contribution in [3.8, 4) is 5.75 Å². The molecule has 0 spiro atoms. The molecule has 7 heteroatoms. The van der Waals surface area contributed by atoms with Crippen molar-refractivity contribution in [2.24, 2.45) is 4.99 Å². The van der Waals surface area contributed by atoms with Crippen LogP contribution in [0.5, 0.6) is 5.75 Å². The van der Waals surface area contributed by atoms with Crippen LogP contribution in [0.2, 0.25) is 0 Å². The van der Waals surface area contributed by atoms with Crippen LogP contribution in [0, 0.1) is 0 Å². The first-order chi connectivity index (χ1) is 13.8. The van der Waals surface area contributed by atoms with E-state index < -0.39 is 0 Å². The van der Waals surface area contributed by atoms with Crippen molar-refractivity contribution in [2.45, 2.75) is 24.5 Å². The van der Waals surface area contributed by atoms with E-state index in [1.807, 2.05) is 19.2 Å². The number of guanidine groups is 1. The van der Waals surface area contributed by atoms with E-state index in [2.05, 4.69) is 49.3 Å². The predicted molar refractivity (Wildman–Crippen MR) is 121 cm³/mol. The molecule has 2 fully saturated rings. The van der Waals surface area contributed by atoms with Crippen molar-refractivity contribution in [3.05, 3.63) is 24.3 Å². The van der Waals surface area contributed by atoms with Gasteiger partial charge in [0.05, 0.1) is 7.11 Å². The monoisotopic (exact) mass is 405 g/mol. The summed E-state index contributed by atoms with van der Waals surface area (Å²) in [4.78, 5) is 9.37. The zero-order chi connectivity index (χ0) is 19.6. The lowest BCUT2D eigenvalue weighted by Crippen LogP contribution is -2.47. The Bertz CT molecular complexity index is 595. The minimum atomic E-state index is 0.751. The van der Waals surface area contributed by atoms with Crippen LogP contribution in [0.15, 0.2) is 29.3 Å². The summed E-state index contributed by atoms with van der Waals surface area (Å²) in [5.41, 5.74) is 1.29. The average Bonchev–Trinajstić information content (AvgIpc) is 3.27. The van der Waals surface area contributed by atoms with E-state index in [0.717, 1.165) is 69.2 Å². The Morgan fingerprint density at radius 1 is 1.18 bits per heavy atom. The van der Waals surface area contributed by atoms with Crippen molar-refractivity contribution in [3.63, 3.8) is 0 Å². The first-order valence-corrected chi connectivity index (χ1v) is 11.5. The van der Waals surface area contributed by atoms with E-state index in [-0.39, 0.29) is 0 Å². The predicted octanol–water partition coefficient (Wildman–Crippen LogP) is 2.27. The number of benzene rings is 1. The summed E-state index contributed by atoms with van der Waals surface area (Å²) in [6.07, 6.45) is 3.83. The third-order valence-electron chi connectivity index (χ3n) is 5.50. The lowest BCUT2D eigenvalue weighted by molar-refractivity contribution is 0.255. The molecule has 2 heterocycles. The summed E-state index contributed by atoms with van der Waals surface area (Å²) in [7, 11) is 3.57. The van der Waals surface area contributed by atoms with Crippen LogP contribution in [0.3, 0.4) is 0 Å². The van der Waals surface area contributed by atoms with Crippen LogP contribution in [-0.4, -0.2) is 81.8 Å². The maximum absolute atomic E-state index is 5.25. The fourth-order valence-electron chi connectivity index (χ4n) is 3.77.